The average molecular weight is 390 g/mol. The zero-order valence-corrected chi connectivity index (χ0v) is 15.4. The summed E-state index contributed by atoms with van der Waals surface area (Å²) in [5, 5.41) is 12.0. The Morgan fingerprint density at radius 3 is 2.65 bits per heavy atom. The van der Waals surface area contributed by atoms with Crippen LogP contribution in [0, 0.1) is 0 Å². The van der Waals surface area contributed by atoms with Gasteiger partial charge in [-0.3, -0.25) is 4.79 Å². The molecule has 0 saturated heterocycles. The molecule has 0 radical (unpaired) electrons. The van der Waals surface area contributed by atoms with Gasteiger partial charge in [0.2, 0.25) is 17.7 Å². The smallest absolute Gasteiger partial charge is 0.247 e. The van der Waals surface area contributed by atoms with E-state index in [1.165, 1.54) is 0 Å². The normalized spacial score (nSPS) is 10.7. The lowest BCUT2D eigenvalue weighted by Crippen LogP contribution is -2.22. The first-order valence-electron chi connectivity index (χ1n) is 8.20. The summed E-state index contributed by atoms with van der Waals surface area (Å²) < 4.78 is 5.62. The molecule has 0 aliphatic rings. The van der Waals surface area contributed by atoms with E-state index in [4.69, 9.17) is 27.6 Å². The number of benzene rings is 2. The van der Waals surface area contributed by atoms with Crippen molar-refractivity contribution in [2.45, 2.75) is 25.8 Å². The number of halogens is 2. The maximum absolute atomic E-state index is 12.0. The first-order valence-corrected chi connectivity index (χ1v) is 8.96. The fraction of sp³-hybridized carbons (Fsp3) is 0.211. The molecule has 134 valence electrons. The number of carbonyl (C=O) groups excluding carboxylic acids is 1. The SMILES string of the molecule is O=C(CCCc1nnc(-c2ccccc2)o1)NCc1ccc(Cl)cc1Cl. The minimum atomic E-state index is -0.0567. The molecule has 5 nitrogen and oxygen atoms in total. The van der Waals surface area contributed by atoms with E-state index >= 15 is 0 Å². The van der Waals surface area contributed by atoms with E-state index in [1.807, 2.05) is 30.3 Å². The number of hydrogen-bond donors (Lipinski definition) is 1. The molecule has 0 saturated carbocycles. The zero-order valence-electron chi connectivity index (χ0n) is 13.9. The van der Waals surface area contributed by atoms with Gasteiger partial charge in [0.25, 0.3) is 0 Å². The molecule has 0 spiro atoms. The van der Waals surface area contributed by atoms with Crippen molar-refractivity contribution in [3.8, 4) is 11.5 Å². The number of nitrogens with zero attached hydrogens (tertiary/aromatic N) is 2. The highest BCUT2D eigenvalue weighted by molar-refractivity contribution is 6.35. The summed E-state index contributed by atoms with van der Waals surface area (Å²) in [4.78, 5) is 12.0. The van der Waals surface area contributed by atoms with Crippen molar-refractivity contribution < 1.29 is 9.21 Å². The molecule has 3 aromatic rings. The van der Waals surface area contributed by atoms with Gasteiger partial charge in [-0.2, -0.15) is 0 Å². The predicted octanol–water partition coefficient (Wildman–Crippen LogP) is 4.68. The quantitative estimate of drug-likeness (QED) is 0.636. The topological polar surface area (TPSA) is 68.0 Å². The summed E-state index contributed by atoms with van der Waals surface area (Å²) >= 11 is 11.9. The van der Waals surface area contributed by atoms with Crippen LogP contribution in [0.1, 0.15) is 24.3 Å². The van der Waals surface area contributed by atoms with Gasteiger partial charge in [-0.25, -0.2) is 0 Å². The van der Waals surface area contributed by atoms with Gasteiger partial charge < -0.3 is 9.73 Å². The maximum Gasteiger partial charge on any atom is 0.247 e. The molecule has 0 aliphatic heterocycles. The van der Waals surface area contributed by atoms with Gasteiger partial charge in [0.05, 0.1) is 0 Å². The van der Waals surface area contributed by atoms with Crippen molar-refractivity contribution >= 4 is 29.1 Å². The van der Waals surface area contributed by atoms with Crippen molar-refractivity contribution in [1.82, 2.24) is 15.5 Å². The van der Waals surface area contributed by atoms with Crippen LogP contribution in [0.15, 0.2) is 52.9 Å². The molecule has 0 atom stereocenters. The summed E-state index contributed by atoms with van der Waals surface area (Å²) in [6, 6.07) is 14.8. The number of rotatable bonds is 7. The monoisotopic (exact) mass is 389 g/mol. The van der Waals surface area contributed by atoms with Gasteiger partial charge >= 0.3 is 0 Å². The highest BCUT2D eigenvalue weighted by Gasteiger charge is 2.09. The molecule has 1 N–H and O–H groups in total. The Morgan fingerprint density at radius 1 is 1.08 bits per heavy atom. The second-order valence-corrected chi connectivity index (χ2v) is 6.58. The van der Waals surface area contributed by atoms with E-state index in [2.05, 4.69) is 15.5 Å². The van der Waals surface area contributed by atoms with Crippen LogP contribution in [0.5, 0.6) is 0 Å². The fourth-order valence-corrected chi connectivity index (χ4v) is 2.87. The highest BCUT2D eigenvalue weighted by Crippen LogP contribution is 2.21. The number of aryl methyl sites for hydroxylation is 1. The van der Waals surface area contributed by atoms with Crippen molar-refractivity contribution in [3.05, 3.63) is 70.0 Å². The van der Waals surface area contributed by atoms with E-state index in [0.717, 1.165) is 11.1 Å². The number of aromatic nitrogens is 2. The van der Waals surface area contributed by atoms with Crippen molar-refractivity contribution in [2.24, 2.45) is 0 Å². The number of carbonyl (C=O) groups is 1. The largest absolute Gasteiger partial charge is 0.421 e. The van der Waals surface area contributed by atoms with Gasteiger partial charge in [-0.15, -0.1) is 10.2 Å². The van der Waals surface area contributed by atoms with Crippen LogP contribution in [0.3, 0.4) is 0 Å². The van der Waals surface area contributed by atoms with Crippen LogP contribution in [0.2, 0.25) is 10.0 Å². The molecular formula is C19H17Cl2N3O2. The van der Waals surface area contributed by atoms with Crippen LogP contribution >= 0.6 is 23.2 Å². The standard InChI is InChI=1S/C19H17Cl2N3O2/c20-15-10-9-14(16(21)11-15)12-22-17(25)7-4-8-18-23-24-19(26-18)13-5-2-1-3-6-13/h1-3,5-6,9-11H,4,7-8,12H2,(H,22,25). The Balaban J connectivity index is 1.43. The van der Waals surface area contributed by atoms with Crippen LogP contribution in [-0.2, 0) is 17.8 Å². The average Bonchev–Trinajstić information content (AvgIpc) is 3.11. The molecule has 0 unspecified atom stereocenters. The Kier molecular flexibility index (Phi) is 6.26. The van der Waals surface area contributed by atoms with E-state index in [1.54, 1.807) is 18.2 Å². The molecule has 1 heterocycles. The Bertz CT molecular complexity index is 882. The molecule has 1 aromatic heterocycles. The Morgan fingerprint density at radius 2 is 1.88 bits per heavy atom. The lowest BCUT2D eigenvalue weighted by molar-refractivity contribution is -0.121. The fourth-order valence-electron chi connectivity index (χ4n) is 2.40. The van der Waals surface area contributed by atoms with Crippen LogP contribution in [-0.4, -0.2) is 16.1 Å². The molecule has 3 rings (SSSR count). The van der Waals surface area contributed by atoms with Crippen molar-refractivity contribution in [1.29, 1.82) is 0 Å². The summed E-state index contributed by atoms with van der Waals surface area (Å²) in [7, 11) is 0. The van der Waals surface area contributed by atoms with Gasteiger partial charge in [-0.05, 0) is 36.2 Å². The van der Waals surface area contributed by atoms with Crippen LogP contribution < -0.4 is 5.32 Å². The molecule has 0 aliphatic carbocycles. The molecule has 7 heteroatoms. The lowest BCUT2D eigenvalue weighted by Gasteiger charge is -2.07. The minimum Gasteiger partial charge on any atom is -0.421 e. The second kappa shape index (κ2) is 8.83. The first-order chi connectivity index (χ1) is 12.6. The molecular weight excluding hydrogens is 373 g/mol. The second-order valence-electron chi connectivity index (χ2n) is 5.73. The number of hydrogen-bond acceptors (Lipinski definition) is 4. The van der Waals surface area contributed by atoms with E-state index < -0.39 is 0 Å². The van der Waals surface area contributed by atoms with Crippen LogP contribution in [0.25, 0.3) is 11.5 Å². The van der Waals surface area contributed by atoms with E-state index in [-0.39, 0.29) is 5.91 Å². The van der Waals surface area contributed by atoms with Crippen molar-refractivity contribution in [2.75, 3.05) is 0 Å². The Hall–Kier alpha value is -2.37. The molecule has 2 aromatic carbocycles. The first kappa shape index (κ1) is 18.4. The number of amides is 1. The van der Waals surface area contributed by atoms with Gasteiger partial charge in [0.15, 0.2) is 0 Å². The Labute approximate surface area is 161 Å². The van der Waals surface area contributed by atoms with Gasteiger partial charge in [0.1, 0.15) is 0 Å². The third-order valence-corrected chi connectivity index (χ3v) is 4.36. The van der Waals surface area contributed by atoms with Crippen molar-refractivity contribution in [3.63, 3.8) is 0 Å². The molecule has 1 amide bonds. The lowest BCUT2D eigenvalue weighted by atomic mass is 10.2. The van der Waals surface area contributed by atoms with E-state index in [0.29, 0.717) is 47.6 Å². The van der Waals surface area contributed by atoms with E-state index in [9.17, 15) is 4.79 Å². The molecule has 0 fully saturated rings. The predicted molar refractivity (Wildman–Crippen MR) is 101 cm³/mol. The summed E-state index contributed by atoms with van der Waals surface area (Å²) in [6.45, 7) is 0.369. The third-order valence-electron chi connectivity index (χ3n) is 3.77. The summed E-state index contributed by atoms with van der Waals surface area (Å²) in [5.74, 6) is 0.957. The summed E-state index contributed by atoms with van der Waals surface area (Å²) in [6.07, 6.45) is 1.54. The van der Waals surface area contributed by atoms with Gasteiger partial charge in [0, 0.05) is 35.0 Å². The third kappa shape index (κ3) is 5.07. The number of nitrogens with one attached hydrogen (secondary N) is 1. The maximum atomic E-state index is 12.0. The molecule has 0 bridgehead atoms. The van der Waals surface area contributed by atoms with Crippen LogP contribution in [0.4, 0.5) is 0 Å². The highest BCUT2D eigenvalue weighted by atomic mass is 35.5. The van der Waals surface area contributed by atoms with Gasteiger partial charge in [-0.1, -0.05) is 47.5 Å². The zero-order chi connectivity index (χ0) is 18.4. The minimum absolute atomic E-state index is 0.0567. The molecule has 26 heavy (non-hydrogen) atoms. The summed E-state index contributed by atoms with van der Waals surface area (Å²) in [5.41, 5.74) is 1.71.